The quantitative estimate of drug-likeness (QED) is 0.860. The first-order valence-electron chi connectivity index (χ1n) is 6.80. The minimum atomic E-state index is 0.0960. The van der Waals surface area contributed by atoms with Crippen molar-refractivity contribution in [3.05, 3.63) is 29.8 Å². The summed E-state index contributed by atoms with van der Waals surface area (Å²) in [5, 5.41) is 6.39. The molecule has 0 radical (unpaired) electrons. The Labute approximate surface area is 109 Å². The van der Waals surface area contributed by atoms with Gasteiger partial charge in [0.15, 0.2) is 0 Å². The first-order valence-corrected chi connectivity index (χ1v) is 6.80. The van der Waals surface area contributed by atoms with Crippen molar-refractivity contribution < 1.29 is 4.79 Å². The standard InChI is InChI=1S/C15H22N2O/c1-3-12-6-4-5-7-14(12)17-15(18)13-8-11(2)9-16-10-13/h4-7,11,13,16H,3,8-10H2,1-2H3,(H,17,18). The van der Waals surface area contributed by atoms with Crippen LogP contribution in [0.1, 0.15) is 25.8 Å². The Kier molecular flexibility index (Phi) is 4.37. The summed E-state index contributed by atoms with van der Waals surface area (Å²) in [5.41, 5.74) is 2.16. The molecule has 0 aromatic heterocycles. The van der Waals surface area contributed by atoms with E-state index >= 15 is 0 Å². The predicted octanol–water partition coefficient (Wildman–Crippen LogP) is 2.43. The molecular weight excluding hydrogens is 224 g/mol. The van der Waals surface area contributed by atoms with Crippen molar-refractivity contribution in [2.45, 2.75) is 26.7 Å². The third-order valence-corrected chi connectivity index (χ3v) is 3.60. The molecule has 3 nitrogen and oxygen atoms in total. The number of para-hydroxylation sites is 1. The van der Waals surface area contributed by atoms with Gasteiger partial charge in [-0.25, -0.2) is 0 Å². The van der Waals surface area contributed by atoms with Crippen LogP contribution in [-0.2, 0) is 11.2 Å². The zero-order valence-corrected chi connectivity index (χ0v) is 11.2. The fourth-order valence-corrected chi connectivity index (χ4v) is 2.54. The molecule has 1 saturated heterocycles. The molecule has 2 rings (SSSR count). The number of amides is 1. The molecule has 1 fully saturated rings. The summed E-state index contributed by atoms with van der Waals surface area (Å²) in [6, 6.07) is 8.03. The lowest BCUT2D eigenvalue weighted by atomic mass is 9.91. The zero-order chi connectivity index (χ0) is 13.0. The van der Waals surface area contributed by atoms with Crippen molar-refractivity contribution in [2.24, 2.45) is 11.8 Å². The highest BCUT2D eigenvalue weighted by molar-refractivity contribution is 5.93. The van der Waals surface area contributed by atoms with E-state index in [9.17, 15) is 4.79 Å². The molecule has 0 bridgehead atoms. The normalized spacial score (nSPS) is 23.7. The number of carbonyl (C=O) groups is 1. The third-order valence-electron chi connectivity index (χ3n) is 3.60. The van der Waals surface area contributed by atoms with Gasteiger partial charge in [0.25, 0.3) is 0 Å². The summed E-state index contributed by atoms with van der Waals surface area (Å²) in [6.07, 6.45) is 1.92. The fraction of sp³-hybridized carbons (Fsp3) is 0.533. The zero-order valence-electron chi connectivity index (χ0n) is 11.2. The van der Waals surface area contributed by atoms with Crippen molar-refractivity contribution in [3.63, 3.8) is 0 Å². The van der Waals surface area contributed by atoms with Crippen molar-refractivity contribution >= 4 is 11.6 Å². The molecule has 0 aliphatic carbocycles. The van der Waals surface area contributed by atoms with Gasteiger partial charge in [-0.1, -0.05) is 32.0 Å². The lowest BCUT2D eigenvalue weighted by Crippen LogP contribution is -2.41. The number of piperidine rings is 1. The molecule has 1 aromatic carbocycles. The topological polar surface area (TPSA) is 41.1 Å². The molecule has 2 N–H and O–H groups in total. The molecule has 1 aliphatic rings. The van der Waals surface area contributed by atoms with Gasteiger partial charge in [0.1, 0.15) is 0 Å². The average molecular weight is 246 g/mol. The van der Waals surface area contributed by atoms with E-state index in [4.69, 9.17) is 0 Å². The fourth-order valence-electron chi connectivity index (χ4n) is 2.54. The second-order valence-corrected chi connectivity index (χ2v) is 5.20. The van der Waals surface area contributed by atoms with Gasteiger partial charge in [-0.15, -0.1) is 0 Å². The van der Waals surface area contributed by atoms with Gasteiger partial charge in [-0.2, -0.15) is 0 Å². The van der Waals surface area contributed by atoms with E-state index in [1.807, 2.05) is 18.2 Å². The van der Waals surface area contributed by atoms with Gasteiger partial charge in [0.2, 0.25) is 5.91 Å². The predicted molar refractivity (Wildman–Crippen MR) is 74.6 cm³/mol. The number of benzene rings is 1. The molecule has 1 amide bonds. The second-order valence-electron chi connectivity index (χ2n) is 5.20. The Morgan fingerprint density at radius 3 is 2.89 bits per heavy atom. The molecule has 2 unspecified atom stereocenters. The number of hydrogen-bond acceptors (Lipinski definition) is 2. The van der Waals surface area contributed by atoms with Crippen LogP contribution in [0.3, 0.4) is 0 Å². The average Bonchev–Trinajstić information content (AvgIpc) is 2.39. The molecular formula is C15H22N2O. The van der Waals surface area contributed by atoms with Gasteiger partial charge in [-0.05, 0) is 36.9 Å². The van der Waals surface area contributed by atoms with Gasteiger partial charge in [0.05, 0.1) is 5.92 Å². The Bertz CT molecular complexity index is 417. The summed E-state index contributed by atoms with van der Waals surface area (Å²) in [6.45, 7) is 6.11. The molecule has 2 atom stereocenters. The second kappa shape index (κ2) is 6.01. The maximum atomic E-state index is 12.2. The highest BCUT2D eigenvalue weighted by Crippen LogP contribution is 2.20. The number of hydrogen-bond donors (Lipinski definition) is 2. The molecule has 3 heteroatoms. The third kappa shape index (κ3) is 3.10. The lowest BCUT2D eigenvalue weighted by molar-refractivity contribution is -0.120. The summed E-state index contributed by atoms with van der Waals surface area (Å²) >= 11 is 0. The Morgan fingerprint density at radius 1 is 1.39 bits per heavy atom. The van der Waals surface area contributed by atoms with E-state index in [1.165, 1.54) is 5.56 Å². The SMILES string of the molecule is CCc1ccccc1NC(=O)C1CNCC(C)C1. The van der Waals surface area contributed by atoms with Gasteiger partial charge in [-0.3, -0.25) is 4.79 Å². The molecule has 18 heavy (non-hydrogen) atoms. The van der Waals surface area contributed by atoms with Crippen molar-refractivity contribution in [1.29, 1.82) is 0 Å². The molecule has 0 saturated carbocycles. The highest BCUT2D eigenvalue weighted by Gasteiger charge is 2.24. The van der Waals surface area contributed by atoms with Crippen LogP contribution in [0.25, 0.3) is 0 Å². The minimum Gasteiger partial charge on any atom is -0.326 e. The van der Waals surface area contributed by atoms with Crippen LogP contribution >= 0.6 is 0 Å². The van der Waals surface area contributed by atoms with E-state index in [-0.39, 0.29) is 11.8 Å². The molecule has 98 valence electrons. The molecule has 0 spiro atoms. The van der Waals surface area contributed by atoms with E-state index in [2.05, 4.69) is 30.5 Å². The van der Waals surface area contributed by atoms with E-state index in [1.54, 1.807) is 0 Å². The molecule has 1 heterocycles. The number of anilines is 1. The maximum Gasteiger partial charge on any atom is 0.228 e. The highest BCUT2D eigenvalue weighted by atomic mass is 16.1. The van der Waals surface area contributed by atoms with Crippen LogP contribution in [0.15, 0.2) is 24.3 Å². The largest absolute Gasteiger partial charge is 0.326 e. The molecule has 1 aliphatic heterocycles. The van der Waals surface area contributed by atoms with Crippen LogP contribution in [0.4, 0.5) is 5.69 Å². The van der Waals surface area contributed by atoms with Crippen LogP contribution in [0.2, 0.25) is 0 Å². The summed E-state index contributed by atoms with van der Waals surface area (Å²) in [5.74, 6) is 0.824. The van der Waals surface area contributed by atoms with Crippen LogP contribution in [0, 0.1) is 11.8 Å². The van der Waals surface area contributed by atoms with Crippen molar-refractivity contribution in [3.8, 4) is 0 Å². The van der Waals surface area contributed by atoms with Crippen molar-refractivity contribution in [1.82, 2.24) is 5.32 Å². The lowest BCUT2D eigenvalue weighted by Gasteiger charge is -2.27. The Hall–Kier alpha value is -1.35. The van der Waals surface area contributed by atoms with Crippen LogP contribution in [-0.4, -0.2) is 19.0 Å². The number of aryl methyl sites for hydroxylation is 1. The maximum absolute atomic E-state index is 12.2. The van der Waals surface area contributed by atoms with Crippen LogP contribution < -0.4 is 10.6 Å². The summed E-state index contributed by atoms with van der Waals surface area (Å²) in [7, 11) is 0. The van der Waals surface area contributed by atoms with Crippen LogP contribution in [0.5, 0.6) is 0 Å². The smallest absolute Gasteiger partial charge is 0.228 e. The van der Waals surface area contributed by atoms with Gasteiger partial charge < -0.3 is 10.6 Å². The van der Waals surface area contributed by atoms with Gasteiger partial charge >= 0.3 is 0 Å². The van der Waals surface area contributed by atoms with E-state index < -0.39 is 0 Å². The Morgan fingerprint density at radius 2 is 2.17 bits per heavy atom. The van der Waals surface area contributed by atoms with Crippen molar-refractivity contribution in [2.75, 3.05) is 18.4 Å². The monoisotopic (exact) mass is 246 g/mol. The van der Waals surface area contributed by atoms with Gasteiger partial charge in [0, 0.05) is 12.2 Å². The number of carbonyl (C=O) groups excluding carboxylic acids is 1. The van der Waals surface area contributed by atoms with E-state index in [0.717, 1.165) is 31.6 Å². The summed E-state index contributed by atoms with van der Waals surface area (Å²) in [4.78, 5) is 12.2. The summed E-state index contributed by atoms with van der Waals surface area (Å²) < 4.78 is 0. The first kappa shape index (κ1) is 13.1. The number of rotatable bonds is 3. The Balaban J connectivity index is 2.02. The number of nitrogens with one attached hydrogen (secondary N) is 2. The minimum absolute atomic E-state index is 0.0960. The molecule has 1 aromatic rings. The first-order chi connectivity index (χ1) is 8.70. The van der Waals surface area contributed by atoms with E-state index in [0.29, 0.717) is 5.92 Å².